The molecule has 0 aromatic heterocycles. The van der Waals surface area contributed by atoms with E-state index in [9.17, 15) is 0 Å². The highest BCUT2D eigenvalue weighted by Crippen LogP contribution is 2.22. The van der Waals surface area contributed by atoms with E-state index in [-0.39, 0.29) is 0 Å². The highest BCUT2D eigenvalue weighted by molar-refractivity contribution is 4.77. The summed E-state index contributed by atoms with van der Waals surface area (Å²) in [5, 5.41) is 0. The standard InChI is InChI=1S/C11H26N2/c1-6-13(7-2)10(9-12)8-11(3,4)5/h10H,6-9,12H2,1-5H3. The van der Waals surface area contributed by atoms with Gasteiger partial charge in [-0.15, -0.1) is 0 Å². The van der Waals surface area contributed by atoms with Gasteiger partial charge in [-0.3, -0.25) is 4.90 Å². The van der Waals surface area contributed by atoms with Crippen molar-refractivity contribution >= 4 is 0 Å². The summed E-state index contributed by atoms with van der Waals surface area (Å²) < 4.78 is 0. The highest BCUT2D eigenvalue weighted by Gasteiger charge is 2.21. The first kappa shape index (κ1) is 12.9. The van der Waals surface area contributed by atoms with Gasteiger partial charge >= 0.3 is 0 Å². The summed E-state index contributed by atoms with van der Waals surface area (Å²) in [6, 6.07) is 0.551. The quantitative estimate of drug-likeness (QED) is 0.712. The number of hydrogen-bond acceptors (Lipinski definition) is 2. The molecule has 80 valence electrons. The van der Waals surface area contributed by atoms with Gasteiger partial charge in [-0.25, -0.2) is 0 Å². The fraction of sp³-hybridized carbons (Fsp3) is 1.00. The Morgan fingerprint density at radius 2 is 1.62 bits per heavy atom. The predicted octanol–water partition coefficient (Wildman–Crippen LogP) is 2.09. The number of nitrogens with two attached hydrogens (primary N) is 1. The van der Waals surface area contributed by atoms with E-state index in [1.165, 1.54) is 6.42 Å². The number of rotatable bonds is 5. The minimum absolute atomic E-state index is 0.382. The maximum absolute atomic E-state index is 5.79. The first-order chi connectivity index (χ1) is 5.94. The van der Waals surface area contributed by atoms with Crippen LogP contribution in [0.4, 0.5) is 0 Å². The summed E-state index contributed by atoms with van der Waals surface area (Å²) in [6.45, 7) is 14.2. The molecule has 0 saturated heterocycles. The molecule has 0 bridgehead atoms. The van der Waals surface area contributed by atoms with Crippen molar-refractivity contribution in [1.82, 2.24) is 4.90 Å². The third-order valence-electron chi connectivity index (χ3n) is 2.45. The molecule has 2 N–H and O–H groups in total. The lowest BCUT2D eigenvalue weighted by Crippen LogP contribution is -2.42. The Balaban J connectivity index is 4.15. The summed E-state index contributed by atoms with van der Waals surface area (Å²) in [5.41, 5.74) is 6.17. The van der Waals surface area contributed by atoms with E-state index < -0.39 is 0 Å². The van der Waals surface area contributed by atoms with E-state index in [1.54, 1.807) is 0 Å². The third-order valence-corrected chi connectivity index (χ3v) is 2.45. The van der Waals surface area contributed by atoms with Crippen LogP contribution >= 0.6 is 0 Å². The predicted molar refractivity (Wildman–Crippen MR) is 59.8 cm³/mol. The molecule has 0 aliphatic rings. The lowest BCUT2D eigenvalue weighted by Gasteiger charge is -2.33. The smallest absolute Gasteiger partial charge is 0.0223 e. The molecule has 0 spiro atoms. The Kier molecular flexibility index (Phi) is 5.57. The maximum atomic E-state index is 5.79. The lowest BCUT2D eigenvalue weighted by atomic mass is 9.87. The SMILES string of the molecule is CCN(CC)C(CN)CC(C)(C)C. The zero-order valence-electron chi connectivity index (χ0n) is 9.93. The van der Waals surface area contributed by atoms with Gasteiger partial charge in [-0.1, -0.05) is 34.6 Å². The first-order valence-corrected chi connectivity index (χ1v) is 5.38. The monoisotopic (exact) mass is 186 g/mol. The van der Waals surface area contributed by atoms with Crippen molar-refractivity contribution in [3.05, 3.63) is 0 Å². The van der Waals surface area contributed by atoms with Crippen LogP contribution in [0, 0.1) is 5.41 Å². The van der Waals surface area contributed by atoms with Crippen molar-refractivity contribution in [1.29, 1.82) is 0 Å². The molecule has 0 aromatic rings. The molecule has 2 nitrogen and oxygen atoms in total. The molecule has 0 fully saturated rings. The Labute approximate surface area is 83.5 Å². The molecular weight excluding hydrogens is 160 g/mol. The molecule has 0 aromatic carbocycles. The van der Waals surface area contributed by atoms with Gasteiger partial charge in [0, 0.05) is 12.6 Å². The molecule has 0 heterocycles. The molecule has 1 atom stereocenters. The summed E-state index contributed by atoms with van der Waals surface area (Å²) in [5.74, 6) is 0. The summed E-state index contributed by atoms with van der Waals surface area (Å²) in [6.07, 6.45) is 1.19. The van der Waals surface area contributed by atoms with Crippen LogP contribution in [-0.4, -0.2) is 30.6 Å². The van der Waals surface area contributed by atoms with E-state index in [0.29, 0.717) is 11.5 Å². The van der Waals surface area contributed by atoms with Gasteiger partial charge in [0.05, 0.1) is 0 Å². The van der Waals surface area contributed by atoms with Crippen molar-refractivity contribution < 1.29 is 0 Å². The van der Waals surface area contributed by atoms with Gasteiger partial charge in [0.2, 0.25) is 0 Å². The highest BCUT2D eigenvalue weighted by atomic mass is 15.2. The summed E-state index contributed by atoms with van der Waals surface area (Å²) in [7, 11) is 0. The van der Waals surface area contributed by atoms with Gasteiger partial charge < -0.3 is 5.73 Å². The van der Waals surface area contributed by atoms with Crippen molar-refractivity contribution in [3.63, 3.8) is 0 Å². The number of likely N-dealkylation sites (N-methyl/N-ethyl adjacent to an activating group) is 1. The average Bonchev–Trinajstić information content (AvgIpc) is 2.02. The summed E-state index contributed by atoms with van der Waals surface area (Å²) in [4.78, 5) is 2.45. The minimum atomic E-state index is 0.382. The minimum Gasteiger partial charge on any atom is -0.329 e. The normalized spacial score (nSPS) is 15.0. The van der Waals surface area contributed by atoms with Gasteiger partial charge in [0.15, 0.2) is 0 Å². The van der Waals surface area contributed by atoms with Crippen LogP contribution in [0.25, 0.3) is 0 Å². The third kappa shape index (κ3) is 5.27. The van der Waals surface area contributed by atoms with Crippen LogP contribution < -0.4 is 5.73 Å². The molecule has 0 amide bonds. The molecule has 0 radical (unpaired) electrons. The lowest BCUT2D eigenvalue weighted by molar-refractivity contribution is 0.166. The molecule has 1 unspecified atom stereocenters. The topological polar surface area (TPSA) is 29.3 Å². The molecule has 13 heavy (non-hydrogen) atoms. The van der Waals surface area contributed by atoms with E-state index in [4.69, 9.17) is 5.73 Å². The Morgan fingerprint density at radius 1 is 1.15 bits per heavy atom. The number of hydrogen-bond donors (Lipinski definition) is 1. The Morgan fingerprint density at radius 3 is 1.85 bits per heavy atom. The second kappa shape index (κ2) is 5.61. The van der Waals surface area contributed by atoms with Crippen molar-refractivity contribution in [2.24, 2.45) is 11.1 Å². The average molecular weight is 186 g/mol. The number of nitrogens with zero attached hydrogens (tertiary/aromatic N) is 1. The van der Waals surface area contributed by atoms with Crippen LogP contribution in [0.2, 0.25) is 0 Å². The van der Waals surface area contributed by atoms with Gasteiger partial charge in [0.25, 0.3) is 0 Å². The van der Waals surface area contributed by atoms with Crippen LogP contribution in [0.5, 0.6) is 0 Å². The largest absolute Gasteiger partial charge is 0.329 e. The molecule has 0 saturated carbocycles. The Bertz CT molecular complexity index is 123. The van der Waals surface area contributed by atoms with Gasteiger partial charge in [-0.05, 0) is 24.9 Å². The van der Waals surface area contributed by atoms with E-state index in [1.807, 2.05) is 0 Å². The zero-order valence-corrected chi connectivity index (χ0v) is 9.93. The van der Waals surface area contributed by atoms with Gasteiger partial charge in [0.1, 0.15) is 0 Å². The Hall–Kier alpha value is -0.0800. The second-order valence-corrected chi connectivity index (χ2v) is 4.88. The molecule has 2 heteroatoms. The molecule has 0 aliphatic heterocycles. The van der Waals surface area contributed by atoms with E-state index in [0.717, 1.165) is 19.6 Å². The first-order valence-electron chi connectivity index (χ1n) is 5.38. The fourth-order valence-corrected chi connectivity index (χ4v) is 1.81. The second-order valence-electron chi connectivity index (χ2n) is 4.88. The summed E-state index contributed by atoms with van der Waals surface area (Å²) >= 11 is 0. The van der Waals surface area contributed by atoms with Crippen molar-refractivity contribution in [2.45, 2.75) is 47.1 Å². The van der Waals surface area contributed by atoms with Crippen molar-refractivity contribution in [2.75, 3.05) is 19.6 Å². The van der Waals surface area contributed by atoms with Crippen LogP contribution in [0.1, 0.15) is 41.0 Å². The van der Waals surface area contributed by atoms with E-state index >= 15 is 0 Å². The maximum Gasteiger partial charge on any atom is 0.0223 e. The van der Waals surface area contributed by atoms with Crippen molar-refractivity contribution in [3.8, 4) is 0 Å². The molecule has 0 rings (SSSR count). The molecule has 0 aliphatic carbocycles. The van der Waals surface area contributed by atoms with Gasteiger partial charge in [-0.2, -0.15) is 0 Å². The van der Waals surface area contributed by atoms with E-state index in [2.05, 4.69) is 39.5 Å². The van der Waals surface area contributed by atoms with Crippen LogP contribution in [0.15, 0.2) is 0 Å². The zero-order chi connectivity index (χ0) is 10.5. The molecular formula is C11H26N2. The van der Waals surface area contributed by atoms with Crippen LogP contribution in [-0.2, 0) is 0 Å². The van der Waals surface area contributed by atoms with Crippen LogP contribution in [0.3, 0.4) is 0 Å². The fourth-order valence-electron chi connectivity index (χ4n) is 1.81.